The van der Waals surface area contributed by atoms with Gasteiger partial charge in [0.2, 0.25) is 0 Å². The Balaban J connectivity index is 2.01. The van der Waals surface area contributed by atoms with Gasteiger partial charge < -0.3 is 9.47 Å². The summed E-state index contributed by atoms with van der Waals surface area (Å²) in [6.07, 6.45) is 7.62. The molecule has 3 nitrogen and oxygen atoms in total. The molecule has 0 saturated carbocycles. The van der Waals surface area contributed by atoms with Crippen LogP contribution in [0.2, 0.25) is 0 Å². The van der Waals surface area contributed by atoms with Gasteiger partial charge >= 0.3 is 0 Å². The highest BCUT2D eigenvalue weighted by Crippen LogP contribution is 2.19. The van der Waals surface area contributed by atoms with Gasteiger partial charge in [0, 0.05) is 13.1 Å². The number of nitrogens with zero attached hydrogens (tertiary/aromatic N) is 1. The molecule has 27 heavy (non-hydrogen) atoms. The number of rotatable bonds is 11. The Morgan fingerprint density at radius 3 is 2.11 bits per heavy atom. The largest absolute Gasteiger partial charge is 0.497 e. The summed E-state index contributed by atoms with van der Waals surface area (Å²) in [5, 5.41) is 0. The van der Waals surface area contributed by atoms with Crippen molar-refractivity contribution in [3.05, 3.63) is 59.7 Å². The average molecular weight is 368 g/mol. The van der Waals surface area contributed by atoms with Gasteiger partial charge in [0.05, 0.1) is 7.11 Å². The van der Waals surface area contributed by atoms with Crippen LogP contribution in [0.3, 0.4) is 0 Å². The second-order valence-corrected chi connectivity index (χ2v) is 6.70. The van der Waals surface area contributed by atoms with E-state index in [0.29, 0.717) is 0 Å². The second-order valence-electron chi connectivity index (χ2n) is 6.70. The highest BCUT2D eigenvalue weighted by atomic mass is 16.5. The van der Waals surface area contributed by atoms with Gasteiger partial charge in [-0.25, -0.2) is 0 Å². The summed E-state index contributed by atoms with van der Waals surface area (Å²) in [4.78, 5) is 2.44. The first-order valence-electron chi connectivity index (χ1n) is 10.0. The lowest BCUT2D eigenvalue weighted by molar-refractivity contribution is 0.0221. The number of hydrogen-bond donors (Lipinski definition) is 0. The second kappa shape index (κ2) is 11.5. The first kappa shape index (κ1) is 21.0. The van der Waals surface area contributed by atoms with Gasteiger partial charge in [-0.15, -0.1) is 0 Å². The summed E-state index contributed by atoms with van der Waals surface area (Å²) >= 11 is 0. The molecule has 0 aliphatic carbocycles. The first-order chi connectivity index (χ1) is 13.2. The fourth-order valence-electron chi connectivity index (χ4n) is 3.14. The third kappa shape index (κ3) is 6.76. The number of hydrogen-bond acceptors (Lipinski definition) is 3. The Hall–Kier alpha value is -2.26. The summed E-state index contributed by atoms with van der Waals surface area (Å²) in [6.45, 7) is 8.79. The molecule has 2 aromatic carbocycles. The topological polar surface area (TPSA) is 21.7 Å². The van der Waals surface area contributed by atoms with Crippen molar-refractivity contribution in [2.75, 3.05) is 20.2 Å². The SMILES string of the molecule is CCCN(CCC)C(CC)Oc1ccc(/C=C/c2cccc(OC)c2)cc1. The van der Waals surface area contributed by atoms with Gasteiger partial charge in [-0.1, -0.05) is 57.2 Å². The lowest BCUT2D eigenvalue weighted by Gasteiger charge is -2.30. The Kier molecular flexibility index (Phi) is 8.93. The molecular formula is C24H33NO2. The first-order valence-corrected chi connectivity index (χ1v) is 10.0. The summed E-state index contributed by atoms with van der Waals surface area (Å²) in [5.74, 6) is 1.80. The van der Waals surface area contributed by atoms with Crippen molar-refractivity contribution < 1.29 is 9.47 Å². The van der Waals surface area contributed by atoms with Gasteiger partial charge in [-0.3, -0.25) is 4.90 Å². The number of ether oxygens (including phenoxy) is 2. The van der Waals surface area contributed by atoms with Crippen molar-refractivity contribution in [3.63, 3.8) is 0 Å². The van der Waals surface area contributed by atoms with Gasteiger partial charge in [0.15, 0.2) is 6.23 Å². The summed E-state index contributed by atoms with van der Waals surface area (Å²) in [5.41, 5.74) is 2.27. The van der Waals surface area contributed by atoms with Crippen LogP contribution in [-0.4, -0.2) is 31.3 Å². The van der Waals surface area contributed by atoms with E-state index in [1.807, 2.05) is 18.2 Å². The normalized spacial score (nSPS) is 12.5. The Bertz CT molecular complexity index is 688. The fourth-order valence-corrected chi connectivity index (χ4v) is 3.14. The Morgan fingerprint density at radius 2 is 1.52 bits per heavy atom. The van der Waals surface area contributed by atoms with E-state index in [4.69, 9.17) is 9.47 Å². The molecule has 2 rings (SSSR count). The molecule has 0 fully saturated rings. The van der Waals surface area contributed by atoms with Gasteiger partial charge in [-0.05, 0) is 54.7 Å². The van der Waals surface area contributed by atoms with E-state index in [1.54, 1.807) is 7.11 Å². The lowest BCUT2D eigenvalue weighted by atomic mass is 10.1. The van der Waals surface area contributed by atoms with E-state index in [-0.39, 0.29) is 6.23 Å². The van der Waals surface area contributed by atoms with Gasteiger partial charge in [0.1, 0.15) is 11.5 Å². The van der Waals surface area contributed by atoms with E-state index < -0.39 is 0 Å². The van der Waals surface area contributed by atoms with Crippen LogP contribution in [0.25, 0.3) is 12.2 Å². The van der Waals surface area contributed by atoms with Crippen molar-refractivity contribution in [2.45, 2.75) is 46.3 Å². The van der Waals surface area contributed by atoms with E-state index in [2.05, 4.69) is 68.2 Å². The number of methoxy groups -OCH3 is 1. The smallest absolute Gasteiger partial charge is 0.152 e. The molecule has 0 saturated heterocycles. The monoisotopic (exact) mass is 367 g/mol. The van der Waals surface area contributed by atoms with Crippen molar-refractivity contribution >= 4 is 12.2 Å². The average Bonchev–Trinajstić information content (AvgIpc) is 2.71. The van der Waals surface area contributed by atoms with Crippen LogP contribution >= 0.6 is 0 Å². The van der Waals surface area contributed by atoms with Gasteiger partial charge in [0.25, 0.3) is 0 Å². The quantitative estimate of drug-likeness (QED) is 0.354. The predicted octanol–water partition coefficient (Wildman–Crippen LogP) is 6.10. The molecule has 0 aromatic heterocycles. The zero-order valence-electron chi connectivity index (χ0n) is 17.2. The molecule has 0 heterocycles. The van der Waals surface area contributed by atoms with Crippen LogP contribution in [0, 0.1) is 0 Å². The fraction of sp³-hybridized carbons (Fsp3) is 0.417. The molecule has 0 N–H and O–H groups in total. The minimum atomic E-state index is 0.142. The molecule has 1 unspecified atom stereocenters. The third-order valence-corrected chi connectivity index (χ3v) is 4.49. The van der Waals surface area contributed by atoms with Crippen LogP contribution in [0.1, 0.15) is 51.2 Å². The highest BCUT2D eigenvalue weighted by molar-refractivity contribution is 5.70. The van der Waals surface area contributed by atoms with Crippen LogP contribution in [-0.2, 0) is 0 Å². The van der Waals surface area contributed by atoms with Gasteiger partial charge in [-0.2, -0.15) is 0 Å². The zero-order chi connectivity index (χ0) is 19.5. The summed E-state index contributed by atoms with van der Waals surface area (Å²) in [6, 6.07) is 16.4. The minimum Gasteiger partial charge on any atom is -0.497 e. The van der Waals surface area contributed by atoms with E-state index in [0.717, 1.165) is 55.0 Å². The maximum Gasteiger partial charge on any atom is 0.152 e. The lowest BCUT2D eigenvalue weighted by Crippen LogP contribution is -2.40. The standard InChI is InChI=1S/C24H33NO2/c1-5-17-25(18-6-2)24(7-3)27-22-15-13-20(14-16-22)11-12-21-9-8-10-23(19-21)26-4/h8-16,19,24H,5-7,17-18H2,1-4H3/b12-11+. The minimum absolute atomic E-state index is 0.142. The molecule has 3 heteroatoms. The maximum absolute atomic E-state index is 6.26. The van der Waals surface area contributed by atoms with E-state index in [1.165, 1.54) is 0 Å². The van der Waals surface area contributed by atoms with Crippen LogP contribution in [0.15, 0.2) is 48.5 Å². The molecule has 0 aliphatic heterocycles. The van der Waals surface area contributed by atoms with Crippen LogP contribution in [0.5, 0.6) is 11.5 Å². The Morgan fingerprint density at radius 1 is 0.852 bits per heavy atom. The van der Waals surface area contributed by atoms with Crippen molar-refractivity contribution in [1.29, 1.82) is 0 Å². The van der Waals surface area contributed by atoms with Crippen LogP contribution < -0.4 is 9.47 Å². The number of benzene rings is 2. The molecule has 0 spiro atoms. The zero-order valence-corrected chi connectivity index (χ0v) is 17.2. The van der Waals surface area contributed by atoms with Crippen molar-refractivity contribution in [2.24, 2.45) is 0 Å². The molecule has 2 aromatic rings. The van der Waals surface area contributed by atoms with E-state index in [9.17, 15) is 0 Å². The molecule has 0 bridgehead atoms. The summed E-state index contributed by atoms with van der Waals surface area (Å²) < 4.78 is 11.5. The predicted molar refractivity (Wildman–Crippen MR) is 115 cm³/mol. The Labute approximate surface area is 164 Å². The van der Waals surface area contributed by atoms with Crippen molar-refractivity contribution in [1.82, 2.24) is 4.90 Å². The molecule has 1 atom stereocenters. The van der Waals surface area contributed by atoms with Crippen LogP contribution in [0.4, 0.5) is 0 Å². The maximum atomic E-state index is 6.26. The molecule has 0 amide bonds. The summed E-state index contributed by atoms with van der Waals surface area (Å²) in [7, 11) is 1.69. The van der Waals surface area contributed by atoms with E-state index >= 15 is 0 Å². The molecular weight excluding hydrogens is 334 g/mol. The third-order valence-electron chi connectivity index (χ3n) is 4.49. The highest BCUT2D eigenvalue weighted by Gasteiger charge is 2.16. The molecule has 0 radical (unpaired) electrons. The molecule has 0 aliphatic rings. The van der Waals surface area contributed by atoms with Crippen molar-refractivity contribution in [3.8, 4) is 11.5 Å². The molecule has 146 valence electrons.